The number of ether oxygens (including phenoxy) is 1. The average Bonchev–Trinajstić information content (AvgIpc) is 3.47. The fourth-order valence-electron chi connectivity index (χ4n) is 4.20. The number of carbonyl (C=O) groups excluding carboxylic acids is 1. The zero-order valence-electron chi connectivity index (χ0n) is 16.9. The van der Waals surface area contributed by atoms with Crippen LogP contribution in [0.4, 0.5) is 18.9 Å². The van der Waals surface area contributed by atoms with E-state index in [-0.39, 0.29) is 11.5 Å². The van der Waals surface area contributed by atoms with Crippen LogP contribution in [-0.4, -0.2) is 30.5 Å². The number of alkyl halides is 3. The summed E-state index contributed by atoms with van der Waals surface area (Å²) in [6.45, 7) is 0.0408. The second kappa shape index (κ2) is 8.19. The molecule has 31 heavy (non-hydrogen) atoms. The first kappa shape index (κ1) is 21.7. The van der Waals surface area contributed by atoms with E-state index >= 15 is 0 Å². The standard InChI is InChI=1S/C23H22ClF3N2O2/c1-15(21(30)31-14-23(25,26)27)13-19-22(11-12-22)20(16-7-9-17(24)10-8-16)28-29(19)18-5-3-2-4-6-18/h2-10,15,19H,11-14H2,1H3. The van der Waals surface area contributed by atoms with Crippen molar-refractivity contribution in [2.24, 2.45) is 16.4 Å². The molecule has 2 unspecified atom stereocenters. The maximum atomic E-state index is 12.5. The number of halogens is 4. The van der Waals surface area contributed by atoms with Gasteiger partial charge < -0.3 is 4.74 Å². The van der Waals surface area contributed by atoms with Gasteiger partial charge >= 0.3 is 12.1 Å². The minimum atomic E-state index is -4.54. The largest absolute Gasteiger partial charge is 0.456 e. The smallest absolute Gasteiger partial charge is 0.422 e. The predicted octanol–water partition coefficient (Wildman–Crippen LogP) is 5.84. The molecule has 0 radical (unpaired) electrons. The van der Waals surface area contributed by atoms with Gasteiger partial charge in [0.1, 0.15) is 0 Å². The van der Waals surface area contributed by atoms with Crippen LogP contribution in [0.15, 0.2) is 59.7 Å². The van der Waals surface area contributed by atoms with Crippen LogP contribution in [0.25, 0.3) is 0 Å². The van der Waals surface area contributed by atoms with Crippen LogP contribution in [0, 0.1) is 11.3 Å². The lowest BCUT2D eigenvalue weighted by molar-refractivity contribution is -0.189. The lowest BCUT2D eigenvalue weighted by Crippen LogP contribution is -2.38. The molecule has 1 spiro atoms. The number of hydrogen-bond donors (Lipinski definition) is 0. The number of carbonyl (C=O) groups is 1. The fraction of sp³-hybridized carbons (Fsp3) is 0.391. The molecule has 0 saturated heterocycles. The lowest BCUT2D eigenvalue weighted by Gasteiger charge is -2.30. The third-order valence-electron chi connectivity index (χ3n) is 5.90. The molecule has 1 fully saturated rings. The van der Waals surface area contributed by atoms with Crippen LogP contribution in [0.1, 0.15) is 31.7 Å². The van der Waals surface area contributed by atoms with Crippen LogP contribution >= 0.6 is 11.6 Å². The Hall–Kier alpha value is -2.54. The van der Waals surface area contributed by atoms with Gasteiger partial charge in [-0.05, 0) is 49.1 Å². The molecule has 1 heterocycles. The van der Waals surface area contributed by atoms with Crippen molar-refractivity contribution in [3.8, 4) is 0 Å². The maximum Gasteiger partial charge on any atom is 0.422 e. The molecule has 1 saturated carbocycles. The zero-order chi connectivity index (χ0) is 22.2. The van der Waals surface area contributed by atoms with E-state index in [0.29, 0.717) is 11.4 Å². The van der Waals surface area contributed by atoms with Gasteiger partial charge in [0.15, 0.2) is 6.61 Å². The molecule has 1 aliphatic carbocycles. The highest BCUT2D eigenvalue weighted by molar-refractivity contribution is 6.30. The first-order valence-corrected chi connectivity index (χ1v) is 10.5. The summed E-state index contributed by atoms with van der Waals surface area (Å²) in [7, 11) is 0. The quantitative estimate of drug-likeness (QED) is 0.519. The Labute approximate surface area is 183 Å². The SMILES string of the molecule is CC(CC1N(c2ccccc2)N=C(c2ccc(Cl)cc2)C12CC2)C(=O)OCC(F)(F)F. The van der Waals surface area contributed by atoms with E-state index < -0.39 is 24.7 Å². The Morgan fingerprint density at radius 1 is 1.19 bits per heavy atom. The summed E-state index contributed by atoms with van der Waals surface area (Å²) in [6, 6.07) is 16.9. The highest BCUT2D eigenvalue weighted by atomic mass is 35.5. The van der Waals surface area contributed by atoms with Gasteiger partial charge in [0, 0.05) is 10.4 Å². The van der Waals surface area contributed by atoms with Crippen LogP contribution in [-0.2, 0) is 9.53 Å². The summed E-state index contributed by atoms with van der Waals surface area (Å²) in [4.78, 5) is 12.2. The topological polar surface area (TPSA) is 41.9 Å². The molecule has 2 aromatic carbocycles. The Balaban J connectivity index is 1.61. The number of rotatable bonds is 6. The third-order valence-corrected chi connectivity index (χ3v) is 6.15. The van der Waals surface area contributed by atoms with Gasteiger partial charge in [0.2, 0.25) is 0 Å². The van der Waals surface area contributed by atoms with Crippen molar-refractivity contribution in [2.75, 3.05) is 11.6 Å². The number of para-hydroxylation sites is 1. The summed E-state index contributed by atoms with van der Waals surface area (Å²) in [5.74, 6) is -1.54. The van der Waals surface area contributed by atoms with Gasteiger partial charge in [-0.25, -0.2) is 0 Å². The third kappa shape index (κ3) is 4.56. The Morgan fingerprint density at radius 2 is 1.84 bits per heavy atom. The van der Waals surface area contributed by atoms with E-state index in [4.69, 9.17) is 16.7 Å². The van der Waals surface area contributed by atoms with Gasteiger partial charge in [-0.1, -0.05) is 48.9 Å². The predicted molar refractivity (Wildman–Crippen MR) is 113 cm³/mol. The van der Waals surface area contributed by atoms with E-state index in [2.05, 4.69) is 4.74 Å². The van der Waals surface area contributed by atoms with Crippen molar-refractivity contribution in [1.29, 1.82) is 0 Å². The monoisotopic (exact) mass is 450 g/mol. The Kier molecular flexibility index (Phi) is 5.73. The summed E-state index contributed by atoms with van der Waals surface area (Å²) >= 11 is 6.04. The number of nitrogens with zero attached hydrogens (tertiary/aromatic N) is 2. The van der Waals surface area contributed by atoms with Crippen molar-refractivity contribution >= 4 is 29.0 Å². The molecule has 4 rings (SSSR count). The minimum absolute atomic E-state index is 0.158. The van der Waals surface area contributed by atoms with Gasteiger partial charge in [0.25, 0.3) is 0 Å². The van der Waals surface area contributed by atoms with Crippen LogP contribution in [0.5, 0.6) is 0 Å². The molecule has 1 aliphatic heterocycles. The van der Waals surface area contributed by atoms with Gasteiger partial charge in [0.05, 0.1) is 23.4 Å². The van der Waals surface area contributed by atoms with Gasteiger partial charge in [-0.3, -0.25) is 9.80 Å². The van der Waals surface area contributed by atoms with E-state index in [0.717, 1.165) is 29.8 Å². The maximum absolute atomic E-state index is 12.5. The minimum Gasteiger partial charge on any atom is -0.456 e. The highest BCUT2D eigenvalue weighted by Gasteiger charge is 2.60. The first-order chi connectivity index (χ1) is 14.7. The summed E-state index contributed by atoms with van der Waals surface area (Å²) < 4.78 is 41.9. The molecule has 0 N–H and O–H groups in total. The van der Waals surface area contributed by atoms with Crippen LogP contribution in [0.3, 0.4) is 0 Å². The Morgan fingerprint density at radius 3 is 2.42 bits per heavy atom. The summed E-state index contributed by atoms with van der Waals surface area (Å²) in [5.41, 5.74) is 2.51. The molecule has 0 amide bonds. The molecule has 0 bridgehead atoms. The van der Waals surface area contributed by atoms with Gasteiger partial charge in [-0.15, -0.1) is 0 Å². The molecule has 8 heteroatoms. The summed E-state index contributed by atoms with van der Waals surface area (Å²) in [6.07, 6.45) is -2.41. The number of anilines is 1. The van der Waals surface area contributed by atoms with Crippen molar-refractivity contribution in [3.63, 3.8) is 0 Å². The van der Waals surface area contributed by atoms with Gasteiger partial charge in [-0.2, -0.15) is 18.3 Å². The molecule has 2 aromatic rings. The molecular formula is C23H22ClF3N2O2. The van der Waals surface area contributed by atoms with Crippen molar-refractivity contribution < 1.29 is 22.7 Å². The lowest BCUT2D eigenvalue weighted by atomic mass is 9.83. The summed E-state index contributed by atoms with van der Waals surface area (Å²) in [5, 5.41) is 7.46. The Bertz CT molecular complexity index is 973. The van der Waals surface area contributed by atoms with Crippen molar-refractivity contribution in [1.82, 2.24) is 0 Å². The van der Waals surface area contributed by atoms with E-state index in [1.807, 2.05) is 59.6 Å². The van der Waals surface area contributed by atoms with E-state index in [1.54, 1.807) is 6.92 Å². The number of benzene rings is 2. The first-order valence-electron chi connectivity index (χ1n) is 10.1. The molecular weight excluding hydrogens is 429 g/mol. The number of esters is 1. The van der Waals surface area contributed by atoms with Crippen molar-refractivity contribution in [3.05, 3.63) is 65.2 Å². The van der Waals surface area contributed by atoms with Crippen LogP contribution < -0.4 is 5.01 Å². The average molecular weight is 451 g/mol. The molecule has 2 atom stereocenters. The van der Waals surface area contributed by atoms with Crippen molar-refractivity contribution in [2.45, 2.75) is 38.4 Å². The van der Waals surface area contributed by atoms with E-state index in [1.165, 1.54) is 0 Å². The zero-order valence-corrected chi connectivity index (χ0v) is 17.7. The molecule has 164 valence electrons. The highest BCUT2D eigenvalue weighted by Crippen LogP contribution is 2.58. The molecule has 4 nitrogen and oxygen atoms in total. The normalized spacial score (nSPS) is 20.5. The number of hydrazone groups is 1. The van der Waals surface area contributed by atoms with Crippen LogP contribution in [0.2, 0.25) is 5.02 Å². The number of hydrogen-bond acceptors (Lipinski definition) is 4. The molecule has 0 aromatic heterocycles. The second-order valence-corrected chi connectivity index (χ2v) is 8.60. The second-order valence-electron chi connectivity index (χ2n) is 8.17. The van der Waals surface area contributed by atoms with E-state index in [9.17, 15) is 18.0 Å². The molecule has 2 aliphatic rings. The fourth-order valence-corrected chi connectivity index (χ4v) is 4.32.